The van der Waals surface area contributed by atoms with Gasteiger partial charge in [-0.3, -0.25) is 9.59 Å². The minimum absolute atomic E-state index is 0.380. The Kier molecular flexibility index (Phi) is 4.67. The molecule has 6 heteroatoms. The van der Waals surface area contributed by atoms with Crippen molar-refractivity contribution in [3.8, 4) is 0 Å². The van der Waals surface area contributed by atoms with E-state index in [-0.39, 0.29) is 5.91 Å². The summed E-state index contributed by atoms with van der Waals surface area (Å²) in [5, 5.41) is 6.40. The average molecular weight is 257 g/mol. The van der Waals surface area contributed by atoms with E-state index in [1.54, 1.807) is 4.90 Å². The lowest BCUT2D eigenvalue weighted by Crippen LogP contribution is -2.51. The van der Waals surface area contributed by atoms with Crippen molar-refractivity contribution < 1.29 is 9.59 Å². The van der Waals surface area contributed by atoms with Crippen LogP contribution >= 0.6 is 11.8 Å². The molecule has 17 heavy (non-hydrogen) atoms. The van der Waals surface area contributed by atoms with Gasteiger partial charge in [0.1, 0.15) is 0 Å². The third kappa shape index (κ3) is 3.61. The largest absolute Gasteiger partial charge is 0.347 e. The van der Waals surface area contributed by atoms with Crippen molar-refractivity contribution in [1.29, 1.82) is 0 Å². The number of carbonyl (C=O) groups excluding carboxylic acids is 2. The van der Waals surface area contributed by atoms with Crippen LogP contribution in [0.4, 0.5) is 0 Å². The molecule has 2 N–H and O–H groups in total. The zero-order chi connectivity index (χ0) is 12.1. The highest BCUT2D eigenvalue weighted by Gasteiger charge is 2.24. The minimum atomic E-state index is -0.445. The molecular formula is C11H19N3O2S. The number of hydrogen-bond donors (Lipinski definition) is 2. The summed E-state index contributed by atoms with van der Waals surface area (Å²) in [6.45, 7) is 3.44. The Hall–Kier alpha value is -0.750. The van der Waals surface area contributed by atoms with Crippen LogP contribution in [0.2, 0.25) is 0 Å². The fourth-order valence-electron chi connectivity index (χ4n) is 2.10. The van der Waals surface area contributed by atoms with E-state index in [4.69, 9.17) is 0 Å². The highest BCUT2D eigenvalue weighted by atomic mass is 32.2. The molecule has 0 aromatic rings. The van der Waals surface area contributed by atoms with E-state index < -0.39 is 5.91 Å². The van der Waals surface area contributed by atoms with Gasteiger partial charge in [-0.05, 0) is 18.6 Å². The Labute approximate surface area is 106 Å². The van der Waals surface area contributed by atoms with Crippen molar-refractivity contribution in [2.45, 2.75) is 18.1 Å². The van der Waals surface area contributed by atoms with Crippen LogP contribution in [0, 0.1) is 0 Å². The van der Waals surface area contributed by atoms with Gasteiger partial charge >= 0.3 is 11.8 Å². The third-order valence-corrected chi connectivity index (χ3v) is 4.51. The maximum absolute atomic E-state index is 11.8. The second-order valence-electron chi connectivity index (χ2n) is 4.39. The van der Waals surface area contributed by atoms with Crippen LogP contribution < -0.4 is 10.6 Å². The van der Waals surface area contributed by atoms with Crippen molar-refractivity contribution in [3.05, 3.63) is 0 Å². The maximum atomic E-state index is 11.8. The van der Waals surface area contributed by atoms with E-state index >= 15 is 0 Å². The SMILES string of the molecule is O=C(NCC1CCCS1)C(=O)N1CCNCC1. The van der Waals surface area contributed by atoms with Gasteiger partial charge in [-0.15, -0.1) is 0 Å². The number of carbonyl (C=O) groups is 2. The molecule has 0 aliphatic carbocycles. The van der Waals surface area contributed by atoms with Crippen LogP contribution in [0.1, 0.15) is 12.8 Å². The normalized spacial score (nSPS) is 24.7. The summed E-state index contributed by atoms with van der Waals surface area (Å²) in [6, 6.07) is 0. The highest BCUT2D eigenvalue weighted by Crippen LogP contribution is 2.25. The molecule has 2 amide bonds. The quantitative estimate of drug-likeness (QED) is 0.650. The molecule has 0 aromatic heterocycles. The average Bonchev–Trinajstić information content (AvgIpc) is 2.89. The van der Waals surface area contributed by atoms with Gasteiger partial charge in [0.15, 0.2) is 0 Å². The van der Waals surface area contributed by atoms with Crippen LogP contribution in [0.25, 0.3) is 0 Å². The molecule has 2 saturated heterocycles. The number of piperazine rings is 1. The van der Waals surface area contributed by atoms with Crippen LogP contribution in [-0.4, -0.2) is 60.4 Å². The molecule has 0 bridgehead atoms. The molecule has 0 spiro atoms. The monoisotopic (exact) mass is 257 g/mol. The van der Waals surface area contributed by atoms with Crippen LogP contribution in [-0.2, 0) is 9.59 Å². The van der Waals surface area contributed by atoms with Crippen molar-refractivity contribution in [1.82, 2.24) is 15.5 Å². The lowest BCUT2D eigenvalue weighted by molar-refractivity contribution is -0.146. The number of nitrogens with zero attached hydrogens (tertiary/aromatic N) is 1. The van der Waals surface area contributed by atoms with Crippen molar-refractivity contribution in [2.75, 3.05) is 38.5 Å². The molecule has 2 aliphatic rings. The summed E-state index contributed by atoms with van der Waals surface area (Å²) >= 11 is 1.88. The third-order valence-electron chi connectivity index (χ3n) is 3.11. The molecule has 1 atom stereocenters. The van der Waals surface area contributed by atoms with Crippen LogP contribution in [0.5, 0.6) is 0 Å². The molecule has 0 radical (unpaired) electrons. The smallest absolute Gasteiger partial charge is 0.311 e. The van der Waals surface area contributed by atoms with E-state index in [9.17, 15) is 9.59 Å². The number of thioether (sulfide) groups is 1. The first kappa shape index (κ1) is 12.7. The molecule has 2 heterocycles. The molecular weight excluding hydrogens is 238 g/mol. The minimum Gasteiger partial charge on any atom is -0.347 e. The summed E-state index contributed by atoms with van der Waals surface area (Å²) < 4.78 is 0. The van der Waals surface area contributed by atoms with Crippen LogP contribution in [0.15, 0.2) is 0 Å². The van der Waals surface area contributed by atoms with E-state index in [0.717, 1.165) is 19.5 Å². The first-order valence-corrected chi connectivity index (χ1v) is 7.21. The molecule has 0 saturated carbocycles. The van der Waals surface area contributed by atoms with Gasteiger partial charge in [0, 0.05) is 38.0 Å². The Morgan fingerprint density at radius 2 is 2.12 bits per heavy atom. The van der Waals surface area contributed by atoms with Gasteiger partial charge in [0.2, 0.25) is 0 Å². The summed E-state index contributed by atoms with van der Waals surface area (Å²) in [5.41, 5.74) is 0. The number of rotatable bonds is 2. The lowest BCUT2D eigenvalue weighted by atomic mass is 10.2. The fraction of sp³-hybridized carbons (Fsp3) is 0.818. The topological polar surface area (TPSA) is 61.4 Å². The zero-order valence-corrected chi connectivity index (χ0v) is 10.7. The zero-order valence-electron chi connectivity index (χ0n) is 9.91. The fourth-order valence-corrected chi connectivity index (χ4v) is 3.30. The number of nitrogens with one attached hydrogen (secondary N) is 2. The Morgan fingerprint density at radius 1 is 1.35 bits per heavy atom. The number of amides is 2. The summed E-state index contributed by atoms with van der Waals surface area (Å²) in [7, 11) is 0. The first-order valence-electron chi connectivity index (χ1n) is 6.17. The van der Waals surface area contributed by atoms with Crippen molar-refractivity contribution >= 4 is 23.6 Å². The summed E-state index contributed by atoms with van der Waals surface area (Å²) in [4.78, 5) is 25.1. The first-order chi connectivity index (χ1) is 8.27. The standard InChI is InChI=1S/C11H19N3O2S/c15-10(13-8-9-2-1-7-17-9)11(16)14-5-3-12-4-6-14/h9,12H,1-8H2,(H,13,15). The molecule has 5 nitrogen and oxygen atoms in total. The maximum Gasteiger partial charge on any atom is 0.311 e. The lowest BCUT2D eigenvalue weighted by Gasteiger charge is -2.26. The van der Waals surface area contributed by atoms with Gasteiger partial charge in [-0.1, -0.05) is 0 Å². The van der Waals surface area contributed by atoms with E-state index in [0.29, 0.717) is 24.9 Å². The van der Waals surface area contributed by atoms with E-state index in [2.05, 4.69) is 10.6 Å². The molecule has 2 fully saturated rings. The van der Waals surface area contributed by atoms with Gasteiger partial charge in [0.25, 0.3) is 0 Å². The van der Waals surface area contributed by atoms with Gasteiger partial charge in [-0.2, -0.15) is 11.8 Å². The molecule has 0 aromatic carbocycles. The summed E-state index contributed by atoms with van der Waals surface area (Å²) in [5.74, 6) is 0.348. The molecule has 2 aliphatic heterocycles. The van der Waals surface area contributed by atoms with Gasteiger partial charge in [0.05, 0.1) is 0 Å². The second kappa shape index (κ2) is 6.26. The molecule has 1 unspecified atom stereocenters. The Balaban J connectivity index is 1.72. The Bertz CT molecular complexity index is 286. The molecule has 2 rings (SSSR count). The van der Waals surface area contributed by atoms with Crippen molar-refractivity contribution in [2.24, 2.45) is 0 Å². The summed E-state index contributed by atoms with van der Waals surface area (Å²) in [6.07, 6.45) is 2.36. The predicted octanol–water partition coefficient (Wildman–Crippen LogP) is -0.570. The van der Waals surface area contributed by atoms with Gasteiger partial charge in [-0.25, -0.2) is 0 Å². The van der Waals surface area contributed by atoms with Crippen molar-refractivity contribution in [3.63, 3.8) is 0 Å². The van der Waals surface area contributed by atoms with Crippen LogP contribution in [0.3, 0.4) is 0 Å². The highest BCUT2D eigenvalue weighted by molar-refractivity contribution is 8.00. The van der Waals surface area contributed by atoms with E-state index in [1.165, 1.54) is 12.2 Å². The Morgan fingerprint density at radius 3 is 2.76 bits per heavy atom. The second-order valence-corrected chi connectivity index (χ2v) is 5.80. The van der Waals surface area contributed by atoms with E-state index in [1.807, 2.05) is 11.8 Å². The molecule has 96 valence electrons. The number of hydrogen-bond acceptors (Lipinski definition) is 4. The van der Waals surface area contributed by atoms with Gasteiger partial charge < -0.3 is 15.5 Å². The predicted molar refractivity (Wildman–Crippen MR) is 67.9 cm³/mol.